The summed E-state index contributed by atoms with van der Waals surface area (Å²) in [6.07, 6.45) is 5.50. The predicted octanol–water partition coefficient (Wildman–Crippen LogP) is 2.81. The zero-order valence-electron chi connectivity index (χ0n) is 45.5. The number of imidazole rings is 1. The number of carbonyl (C=O) groups is 9. The number of rotatable bonds is 6. The van der Waals surface area contributed by atoms with Gasteiger partial charge in [0.05, 0.1) is 42.3 Å². The molecule has 7 rings (SSSR count). The van der Waals surface area contributed by atoms with Gasteiger partial charge in [0.25, 0.3) is 5.91 Å². The van der Waals surface area contributed by atoms with Crippen LogP contribution < -0.4 is 37.2 Å². The van der Waals surface area contributed by atoms with Crippen molar-refractivity contribution in [2.24, 2.45) is 7.05 Å². The minimum absolute atomic E-state index is 0.0694. The van der Waals surface area contributed by atoms with Gasteiger partial charge < -0.3 is 51.7 Å². The standard InChI is InChI=1S/C56H68FIN12O9S2/c1-33-8-5-9-36(20-33)22-44-56(79)69-17-7-12-46(69)53(76)60-16-19-81-31-38-11-6-10-37(21-38)30-80-18-15-48(71)64-34(2)51(74)61-27-49(72)65-35(3)55(78)70(58)47(23-39-29-68(4)45-14-13-40(57)24-42(39)45)54(77)62-28-50(73)66-43(52(75)67-44)25-41-26-59-32-63-41/h5-6,8-11,13-14,20-21,24,26,29,32,34-35,43-44,46-47H,7,12,15-19,22-23,25,27-28,30-31H2,1-4H3,(H,59,63)(H,60,76)(H,61,74)(H,62,77)(H,64,71)(H,65,72)(H,66,73)(H,67,75)/t34-,35-,43-,44-,46?,47+/m0/s1. The van der Waals surface area contributed by atoms with Crippen molar-refractivity contribution in [2.75, 3.05) is 37.7 Å². The smallest absolute Gasteiger partial charge is 0.254 e. The lowest BCUT2D eigenvalue weighted by Gasteiger charge is -2.30. The van der Waals surface area contributed by atoms with Crippen LogP contribution in [0.4, 0.5) is 4.39 Å². The highest BCUT2D eigenvalue weighted by atomic mass is 127. The van der Waals surface area contributed by atoms with Crippen molar-refractivity contribution in [2.45, 2.75) is 107 Å². The van der Waals surface area contributed by atoms with Crippen LogP contribution in [0, 0.1) is 12.7 Å². The SMILES string of the molecule is Cc1cccc(C[C@@H]2NC(=O)[C@H](Cc3cnc[nH]3)NC(=O)CNC(=O)[C@@H](Cc3cn(C)c4ccc(F)cc34)N(I)C(=O)[C@H](C)NC(=O)CNC(=O)[C@H](C)NC(=O)CCSCc3cccc(c3)CSCCNC(=O)C3CCCN3C2=O)c1. The molecule has 0 spiro atoms. The molecule has 21 nitrogen and oxygen atoms in total. The van der Waals surface area contributed by atoms with Crippen LogP contribution in [0.25, 0.3) is 10.9 Å². The van der Waals surface area contributed by atoms with Crippen LogP contribution >= 0.6 is 46.4 Å². The van der Waals surface area contributed by atoms with E-state index in [2.05, 4.69) is 53.3 Å². The maximum absolute atomic E-state index is 14.7. The molecule has 8 N–H and O–H groups in total. The number of benzene rings is 3. The molecule has 2 aliphatic rings. The molecule has 1 unspecified atom stereocenters. The third-order valence-corrected chi connectivity index (χ3v) is 17.0. The van der Waals surface area contributed by atoms with Gasteiger partial charge in [-0.1, -0.05) is 54.1 Å². The van der Waals surface area contributed by atoms with E-state index in [1.165, 1.54) is 43.4 Å². The van der Waals surface area contributed by atoms with Gasteiger partial charge in [-0.25, -0.2) is 9.37 Å². The first-order chi connectivity index (χ1) is 38.8. The fraction of sp³-hybridized carbons (Fsp3) is 0.429. The molecule has 5 aromatic rings. The predicted molar refractivity (Wildman–Crippen MR) is 315 cm³/mol. The quantitative estimate of drug-likeness (QED) is 0.0901. The summed E-state index contributed by atoms with van der Waals surface area (Å²) < 4.78 is 17.5. The Morgan fingerprint density at radius 1 is 0.704 bits per heavy atom. The number of fused-ring (bicyclic) bond motifs is 4. The van der Waals surface area contributed by atoms with E-state index in [0.29, 0.717) is 64.6 Å². The summed E-state index contributed by atoms with van der Waals surface area (Å²) in [5.41, 5.74) is 5.45. The second kappa shape index (κ2) is 29.6. The lowest BCUT2D eigenvalue weighted by atomic mass is 10.0. The van der Waals surface area contributed by atoms with Crippen LogP contribution in [0.15, 0.2) is 85.5 Å². The summed E-state index contributed by atoms with van der Waals surface area (Å²) in [6, 6.07) is 12.9. The number of nitrogens with zero attached hydrogens (tertiary/aromatic N) is 4. The highest BCUT2D eigenvalue weighted by Gasteiger charge is 2.39. The van der Waals surface area contributed by atoms with Crippen LogP contribution in [0.3, 0.4) is 0 Å². The van der Waals surface area contributed by atoms with Gasteiger partial charge in [0.2, 0.25) is 47.3 Å². The molecule has 3 aromatic carbocycles. The molecule has 2 aromatic heterocycles. The van der Waals surface area contributed by atoms with Crippen LogP contribution in [0.2, 0.25) is 0 Å². The summed E-state index contributed by atoms with van der Waals surface area (Å²) in [4.78, 5) is 133. The Balaban J connectivity index is 1.12. The van der Waals surface area contributed by atoms with Gasteiger partial charge in [-0.3, -0.25) is 46.3 Å². The number of aryl methyl sites for hydroxylation is 2. The van der Waals surface area contributed by atoms with E-state index in [1.54, 1.807) is 70.3 Å². The summed E-state index contributed by atoms with van der Waals surface area (Å²) >= 11 is 4.86. The van der Waals surface area contributed by atoms with Gasteiger partial charge in [-0.2, -0.15) is 23.5 Å². The highest BCUT2D eigenvalue weighted by molar-refractivity contribution is 14.1. The first-order valence-electron chi connectivity index (χ1n) is 26.6. The summed E-state index contributed by atoms with van der Waals surface area (Å²) in [5, 5.41) is 19.3. The van der Waals surface area contributed by atoms with Crippen LogP contribution in [-0.2, 0) is 81.0 Å². The van der Waals surface area contributed by atoms with Crippen molar-refractivity contribution < 1.29 is 47.5 Å². The normalized spacial score (nSPS) is 22.8. The van der Waals surface area contributed by atoms with Crippen molar-refractivity contribution in [3.8, 4) is 0 Å². The Morgan fingerprint density at radius 3 is 2.14 bits per heavy atom. The number of amides is 9. The van der Waals surface area contributed by atoms with Crippen molar-refractivity contribution >= 4 is 110 Å². The van der Waals surface area contributed by atoms with Gasteiger partial charge >= 0.3 is 0 Å². The maximum Gasteiger partial charge on any atom is 0.254 e. The number of aromatic nitrogens is 3. The summed E-state index contributed by atoms with van der Waals surface area (Å²) in [6.45, 7) is 4.20. The minimum Gasteiger partial charge on any atom is -0.353 e. The number of aromatic amines is 1. The molecule has 0 saturated carbocycles. The van der Waals surface area contributed by atoms with Crippen molar-refractivity contribution in [1.82, 2.24) is 59.8 Å². The first kappa shape index (κ1) is 61.6. The van der Waals surface area contributed by atoms with Gasteiger partial charge in [0, 0.05) is 97.8 Å². The molecule has 25 heteroatoms. The van der Waals surface area contributed by atoms with E-state index in [1.807, 2.05) is 49.4 Å². The molecular weight excluding hydrogens is 1190 g/mol. The molecule has 4 heterocycles. The second-order valence-corrected chi connectivity index (χ2v) is 23.4. The lowest BCUT2D eigenvalue weighted by molar-refractivity contribution is -0.141. The molecule has 9 amide bonds. The highest BCUT2D eigenvalue weighted by Crippen LogP contribution is 2.26. The van der Waals surface area contributed by atoms with Gasteiger partial charge in [0.15, 0.2) is 0 Å². The summed E-state index contributed by atoms with van der Waals surface area (Å²) in [7, 11) is 1.74. The van der Waals surface area contributed by atoms with E-state index in [4.69, 9.17) is 0 Å². The second-order valence-electron chi connectivity index (χ2n) is 20.1. The number of carbonyl (C=O) groups excluding carboxylic acids is 9. The number of thioether (sulfide) groups is 2. The van der Waals surface area contributed by atoms with Crippen molar-refractivity contribution in [3.05, 3.63) is 125 Å². The van der Waals surface area contributed by atoms with E-state index < -0.39 is 96.5 Å². The molecule has 1 fully saturated rings. The van der Waals surface area contributed by atoms with Crippen molar-refractivity contribution in [1.29, 1.82) is 0 Å². The van der Waals surface area contributed by atoms with Crippen LogP contribution in [0.1, 0.15) is 66.6 Å². The molecule has 1 saturated heterocycles. The Labute approximate surface area is 491 Å². The zero-order chi connectivity index (χ0) is 58.2. The molecule has 0 aliphatic carbocycles. The van der Waals surface area contributed by atoms with Gasteiger partial charge in [-0.15, -0.1) is 0 Å². The van der Waals surface area contributed by atoms with Crippen molar-refractivity contribution in [3.63, 3.8) is 0 Å². The number of halogens is 2. The third-order valence-electron chi connectivity index (χ3n) is 13.8. The first-order valence-corrected chi connectivity index (χ1v) is 29.9. The maximum atomic E-state index is 14.7. The zero-order valence-corrected chi connectivity index (χ0v) is 49.3. The molecule has 2 aliphatic heterocycles. The molecular formula is C56H68FIN12O9S2. The fourth-order valence-electron chi connectivity index (χ4n) is 9.61. The Kier molecular flexibility index (Phi) is 22.5. The van der Waals surface area contributed by atoms with E-state index >= 15 is 0 Å². The van der Waals surface area contributed by atoms with Gasteiger partial charge in [-0.05, 0) is 74.1 Å². The lowest BCUT2D eigenvalue weighted by Crippen LogP contribution is -2.58. The van der Waals surface area contributed by atoms with Gasteiger partial charge in [0.1, 0.15) is 42.1 Å². The molecule has 81 heavy (non-hydrogen) atoms. The number of nitrogens with one attached hydrogen (secondary N) is 8. The average molecular weight is 1260 g/mol. The number of H-pyrrole nitrogens is 1. The number of hydrogen-bond acceptors (Lipinski definition) is 12. The molecule has 0 radical (unpaired) electrons. The monoisotopic (exact) mass is 1260 g/mol. The van der Waals surface area contributed by atoms with Crippen LogP contribution in [-0.4, -0.2) is 150 Å². The Bertz CT molecular complexity index is 3090. The molecule has 6 atom stereocenters. The van der Waals surface area contributed by atoms with E-state index in [-0.39, 0.29) is 44.0 Å². The Morgan fingerprint density at radius 2 is 1.41 bits per heavy atom. The molecule has 2 bridgehead atoms. The van der Waals surface area contributed by atoms with Crippen LogP contribution in [0.5, 0.6) is 0 Å². The number of hydrogen-bond donors (Lipinski definition) is 8. The van der Waals surface area contributed by atoms with E-state index in [9.17, 15) is 47.5 Å². The third kappa shape index (κ3) is 17.7. The fourth-order valence-corrected chi connectivity index (χ4v) is 12.2. The van der Waals surface area contributed by atoms with E-state index in [0.717, 1.165) is 25.4 Å². The minimum atomic E-state index is -1.36. The molecule has 432 valence electrons. The Hall–Kier alpha value is -7.00. The average Bonchev–Trinajstić information content (AvgIpc) is 4.31. The largest absolute Gasteiger partial charge is 0.353 e. The topological polar surface area (TPSA) is 278 Å². The summed E-state index contributed by atoms with van der Waals surface area (Å²) in [5.74, 6) is -3.67.